The van der Waals surface area contributed by atoms with Gasteiger partial charge in [-0.2, -0.15) is 0 Å². The third-order valence-corrected chi connectivity index (χ3v) is 10.5. The van der Waals surface area contributed by atoms with E-state index in [1.54, 1.807) is 71.2 Å². The molecule has 4 amide bonds. The van der Waals surface area contributed by atoms with Gasteiger partial charge in [-0.3, -0.25) is 19.8 Å². The molecule has 0 unspecified atom stereocenters. The summed E-state index contributed by atoms with van der Waals surface area (Å²) in [5.41, 5.74) is 2.66. The highest BCUT2D eigenvalue weighted by molar-refractivity contribution is 7.90. The number of carboxylic acid groups (broad SMARTS) is 1. The summed E-state index contributed by atoms with van der Waals surface area (Å²) in [6.45, 7) is 14.7. The summed E-state index contributed by atoms with van der Waals surface area (Å²) in [6.07, 6.45) is 0.875. The molecule has 1 heterocycles. The van der Waals surface area contributed by atoms with Crippen LogP contribution < -0.4 is 30.7 Å². The van der Waals surface area contributed by atoms with E-state index < -0.39 is 63.5 Å². The lowest BCUT2D eigenvalue weighted by Crippen LogP contribution is -2.54. The van der Waals surface area contributed by atoms with Gasteiger partial charge in [0.2, 0.25) is 23.7 Å². The minimum Gasteiger partial charge on any atom is -0.487 e. The zero-order valence-corrected chi connectivity index (χ0v) is 31.6. The minimum atomic E-state index is -4.16. The van der Waals surface area contributed by atoms with Gasteiger partial charge in [-0.1, -0.05) is 43.3 Å². The summed E-state index contributed by atoms with van der Waals surface area (Å²) < 4.78 is 35.3. The van der Waals surface area contributed by atoms with Gasteiger partial charge >= 0.3 is 6.09 Å². The summed E-state index contributed by atoms with van der Waals surface area (Å²) in [5.74, 6) is -1.61. The Morgan fingerprint density at radius 3 is 2.25 bits per heavy atom. The lowest BCUT2D eigenvalue weighted by Gasteiger charge is -2.27. The normalized spacial score (nSPS) is 14.8. The van der Waals surface area contributed by atoms with Crippen LogP contribution in [0.4, 0.5) is 4.79 Å². The summed E-state index contributed by atoms with van der Waals surface area (Å²) >= 11 is 0. The van der Waals surface area contributed by atoms with Crippen LogP contribution in [0.3, 0.4) is 0 Å². The number of likely N-dealkylation sites (N-methyl/N-ethyl adjacent to an activating group) is 1. The van der Waals surface area contributed by atoms with E-state index in [0.29, 0.717) is 34.4 Å². The van der Waals surface area contributed by atoms with E-state index in [1.807, 2.05) is 13.8 Å². The van der Waals surface area contributed by atoms with Gasteiger partial charge in [0, 0.05) is 32.1 Å². The van der Waals surface area contributed by atoms with Gasteiger partial charge in [-0.15, -0.1) is 6.58 Å². The molecule has 52 heavy (non-hydrogen) atoms. The fourth-order valence-corrected chi connectivity index (χ4v) is 7.64. The van der Waals surface area contributed by atoms with Gasteiger partial charge in [-0.05, 0) is 76.1 Å². The molecule has 284 valence electrons. The molecule has 0 aromatic heterocycles. The highest BCUT2D eigenvalue weighted by Gasteiger charge is 2.37. The number of carbonyl (C=O) groups excluding carboxylic acids is 3. The fourth-order valence-electron chi connectivity index (χ4n) is 6.11. The first-order valence-electron chi connectivity index (χ1n) is 17.0. The number of hydrogen-bond donors (Lipinski definition) is 7. The second-order valence-electron chi connectivity index (χ2n) is 13.4. The molecular weight excluding hydrogens is 691 g/mol. The number of rotatable bonds is 16. The van der Waals surface area contributed by atoms with Gasteiger partial charge in [0.05, 0.1) is 4.90 Å². The fraction of sp³-hybridized carbons (Fsp3) is 0.472. The third kappa shape index (κ3) is 10.2. The van der Waals surface area contributed by atoms with E-state index in [-0.39, 0.29) is 37.2 Å². The lowest BCUT2D eigenvalue weighted by molar-refractivity contribution is -0.136. The van der Waals surface area contributed by atoms with Gasteiger partial charge < -0.3 is 36.0 Å². The van der Waals surface area contributed by atoms with Crippen molar-refractivity contribution in [2.24, 2.45) is 0 Å². The third-order valence-electron chi connectivity index (χ3n) is 8.87. The van der Waals surface area contributed by atoms with Crippen LogP contribution in [0.25, 0.3) is 0 Å². The Labute approximate surface area is 305 Å². The average molecular weight is 742 g/mol. The van der Waals surface area contributed by atoms with Crippen LogP contribution in [-0.4, -0.2) is 86.0 Å². The van der Waals surface area contributed by atoms with E-state index in [0.717, 1.165) is 5.56 Å². The maximum Gasteiger partial charge on any atom is 0.405 e. The maximum atomic E-state index is 13.5. The van der Waals surface area contributed by atoms with E-state index in [9.17, 15) is 32.7 Å². The van der Waals surface area contributed by atoms with Crippen LogP contribution in [0, 0.1) is 26.2 Å². The average Bonchev–Trinajstić information content (AvgIpc) is 3.41. The second kappa shape index (κ2) is 17.4. The maximum absolute atomic E-state index is 13.5. The van der Waals surface area contributed by atoms with Crippen LogP contribution in [-0.2, 0) is 30.8 Å². The molecule has 0 saturated carbocycles. The monoisotopic (exact) mass is 741 g/mol. The van der Waals surface area contributed by atoms with E-state index in [1.165, 1.54) is 4.90 Å². The molecule has 1 aliphatic rings. The summed E-state index contributed by atoms with van der Waals surface area (Å²) in [7, 11) is -2.59. The summed E-state index contributed by atoms with van der Waals surface area (Å²) in [4.78, 5) is 52.9. The first kappa shape index (κ1) is 41.3. The Kier molecular flexibility index (Phi) is 13.8. The first-order chi connectivity index (χ1) is 24.3. The smallest absolute Gasteiger partial charge is 0.405 e. The molecule has 3 rings (SSSR count). The van der Waals surface area contributed by atoms with Crippen molar-refractivity contribution in [2.45, 2.75) is 95.8 Å². The van der Waals surface area contributed by atoms with E-state index in [4.69, 9.17) is 10.1 Å². The SMILES string of the molecule is C=CCN(C)C(=O)[C@H](NC(=O)[C@H](CC)NC(=O)[C@H](CCCNC(=N)NS(=O)(=O)c1c(C)c(C)c2c(c1C)CC(C)(C)O2)NC(=O)O)c1ccccc1. The number of hydrogen-bond acceptors (Lipinski definition) is 8. The van der Waals surface area contributed by atoms with Crippen molar-refractivity contribution >= 4 is 39.8 Å². The molecule has 7 N–H and O–H groups in total. The van der Waals surface area contributed by atoms with Crippen molar-refractivity contribution in [3.8, 4) is 5.75 Å². The zero-order chi connectivity index (χ0) is 39.0. The first-order valence-corrected chi connectivity index (χ1v) is 18.5. The highest BCUT2D eigenvalue weighted by Crippen LogP contribution is 2.43. The zero-order valence-electron chi connectivity index (χ0n) is 30.8. The van der Waals surface area contributed by atoms with Crippen molar-refractivity contribution in [1.82, 2.24) is 30.9 Å². The van der Waals surface area contributed by atoms with Crippen LogP contribution in [0.1, 0.15) is 73.9 Å². The molecule has 0 bridgehead atoms. The number of nitrogens with one attached hydrogen (secondary N) is 6. The minimum absolute atomic E-state index is 0.0203. The van der Waals surface area contributed by atoms with Crippen LogP contribution in [0.15, 0.2) is 47.9 Å². The Hall–Kier alpha value is -5.12. The largest absolute Gasteiger partial charge is 0.487 e. The Morgan fingerprint density at radius 2 is 1.65 bits per heavy atom. The molecule has 0 spiro atoms. The molecule has 1 aliphatic heterocycles. The predicted molar refractivity (Wildman–Crippen MR) is 197 cm³/mol. The second-order valence-corrected chi connectivity index (χ2v) is 15.1. The van der Waals surface area contributed by atoms with Gasteiger partial charge in [0.25, 0.3) is 10.0 Å². The Morgan fingerprint density at radius 1 is 1.02 bits per heavy atom. The highest BCUT2D eigenvalue weighted by atomic mass is 32.2. The molecule has 0 saturated heterocycles. The number of benzene rings is 2. The molecule has 0 fully saturated rings. The van der Waals surface area contributed by atoms with Crippen molar-refractivity contribution < 1.29 is 37.4 Å². The number of ether oxygens (including phenoxy) is 1. The van der Waals surface area contributed by atoms with Crippen molar-refractivity contribution in [1.29, 1.82) is 5.41 Å². The van der Waals surface area contributed by atoms with E-state index in [2.05, 4.69) is 32.6 Å². The van der Waals surface area contributed by atoms with Crippen LogP contribution in [0.5, 0.6) is 5.75 Å². The summed E-state index contributed by atoms with van der Waals surface area (Å²) in [6, 6.07) is 5.21. The molecule has 0 radical (unpaired) electrons. The van der Waals surface area contributed by atoms with Crippen LogP contribution in [0.2, 0.25) is 0 Å². The van der Waals surface area contributed by atoms with Crippen molar-refractivity contribution in [2.75, 3.05) is 20.1 Å². The standard InChI is InChI=1S/C36H51N7O8S/c1-9-19-43(8)33(46)28(24-15-12-11-13-16-24)41-31(44)26(10-2)39-32(45)27(40-35(47)48)17-14-18-38-34(37)42-52(49,50)30-22(4)21(3)29-25(23(30)5)20-36(6,7)51-29/h9,11-13,15-16,26-28,40H,1,10,14,17-20H2,2-8H3,(H,39,45)(H,41,44)(H,47,48)(H3,37,38,42)/t26-,27-,28+/m0/s1. The van der Waals surface area contributed by atoms with Gasteiger partial charge in [0.15, 0.2) is 0 Å². The van der Waals surface area contributed by atoms with Gasteiger partial charge in [0.1, 0.15) is 29.5 Å². The predicted octanol–water partition coefficient (Wildman–Crippen LogP) is 2.94. The number of carbonyl (C=O) groups is 4. The Bertz CT molecular complexity index is 1800. The number of amides is 4. The Balaban J connectivity index is 1.63. The van der Waals surface area contributed by atoms with Crippen LogP contribution >= 0.6 is 0 Å². The topological polar surface area (TPSA) is 219 Å². The number of nitrogens with zero attached hydrogens (tertiary/aromatic N) is 1. The number of guanidine groups is 1. The van der Waals surface area contributed by atoms with E-state index >= 15 is 0 Å². The number of fused-ring (bicyclic) bond motifs is 1. The number of sulfonamides is 1. The molecule has 15 nitrogen and oxygen atoms in total. The van der Waals surface area contributed by atoms with Crippen molar-refractivity contribution in [3.05, 3.63) is 70.8 Å². The molecule has 3 atom stereocenters. The lowest BCUT2D eigenvalue weighted by atomic mass is 9.94. The molecule has 2 aromatic carbocycles. The molecule has 16 heteroatoms. The quantitative estimate of drug-likeness (QED) is 0.0581. The molecular formula is C36H51N7O8S. The van der Waals surface area contributed by atoms with Gasteiger partial charge in [-0.25, -0.2) is 17.9 Å². The summed E-state index contributed by atoms with van der Waals surface area (Å²) in [5, 5.41) is 27.8. The molecule has 0 aliphatic carbocycles. The molecule has 2 aromatic rings. The van der Waals surface area contributed by atoms with Crippen molar-refractivity contribution in [3.63, 3.8) is 0 Å².